The van der Waals surface area contributed by atoms with Crippen LogP contribution >= 0.6 is 0 Å². The van der Waals surface area contributed by atoms with Gasteiger partial charge in [-0.1, -0.05) is 59.8 Å². The molecule has 4 heteroatoms. The predicted octanol–water partition coefficient (Wildman–Crippen LogP) is 4.71. The molecule has 0 radical (unpaired) electrons. The van der Waals surface area contributed by atoms with E-state index in [4.69, 9.17) is 19.9 Å². The van der Waals surface area contributed by atoms with Crippen LogP contribution in [0, 0.1) is 11.3 Å². The second-order valence-electron chi connectivity index (χ2n) is 7.79. The highest BCUT2D eigenvalue weighted by Crippen LogP contribution is 2.35. The molecule has 0 aliphatic carbocycles. The Kier molecular flexibility index (Phi) is 11.3. The van der Waals surface area contributed by atoms with E-state index < -0.39 is 5.97 Å². The van der Waals surface area contributed by atoms with Crippen molar-refractivity contribution in [2.24, 2.45) is 17.1 Å². The van der Waals surface area contributed by atoms with E-state index in [1.165, 1.54) is 25.7 Å². The fourth-order valence-electron chi connectivity index (χ4n) is 3.13. The molecular weight excluding hydrogens is 290 g/mol. The van der Waals surface area contributed by atoms with Crippen LogP contribution in [-0.4, -0.2) is 33.3 Å². The molecule has 0 amide bonds. The smallest absolute Gasteiger partial charge is 0.286 e. The molecule has 0 aromatic rings. The Morgan fingerprint density at radius 2 is 1.35 bits per heavy atom. The molecular formula is C19H41NO3. The summed E-state index contributed by atoms with van der Waals surface area (Å²) in [6.07, 6.45) is 9.22. The molecule has 0 aliphatic rings. The minimum absolute atomic E-state index is 0.0128. The van der Waals surface area contributed by atoms with Gasteiger partial charge < -0.3 is 19.9 Å². The number of hydrogen-bond donors (Lipinski definition) is 1. The lowest BCUT2D eigenvalue weighted by molar-refractivity contribution is -0.382. The second kappa shape index (κ2) is 11.4. The first-order valence-electron chi connectivity index (χ1n) is 9.17. The first kappa shape index (κ1) is 22.8. The van der Waals surface area contributed by atoms with E-state index in [0.717, 1.165) is 25.7 Å². The molecule has 0 saturated carbocycles. The van der Waals surface area contributed by atoms with Crippen LogP contribution in [0.1, 0.15) is 79.1 Å². The van der Waals surface area contributed by atoms with Crippen molar-refractivity contribution in [1.29, 1.82) is 0 Å². The van der Waals surface area contributed by atoms with Crippen molar-refractivity contribution in [1.82, 2.24) is 0 Å². The van der Waals surface area contributed by atoms with Gasteiger partial charge in [-0.25, -0.2) is 0 Å². The highest BCUT2D eigenvalue weighted by molar-refractivity contribution is 4.83. The number of unbranched alkanes of at least 4 members (excludes halogenated alkanes) is 4. The topological polar surface area (TPSA) is 53.7 Å². The van der Waals surface area contributed by atoms with Gasteiger partial charge in [0.1, 0.15) is 0 Å². The van der Waals surface area contributed by atoms with Gasteiger partial charge in [-0.3, -0.25) is 0 Å². The average molecular weight is 332 g/mol. The van der Waals surface area contributed by atoms with E-state index in [1.807, 2.05) is 0 Å². The molecule has 2 atom stereocenters. The lowest BCUT2D eigenvalue weighted by Crippen LogP contribution is -2.52. The van der Waals surface area contributed by atoms with Crippen molar-refractivity contribution < 1.29 is 14.2 Å². The molecule has 140 valence electrons. The first-order chi connectivity index (χ1) is 10.8. The molecule has 0 fully saturated rings. The van der Waals surface area contributed by atoms with Gasteiger partial charge in [-0.05, 0) is 24.7 Å². The van der Waals surface area contributed by atoms with Crippen molar-refractivity contribution in [3.8, 4) is 0 Å². The van der Waals surface area contributed by atoms with Crippen LogP contribution in [0.4, 0.5) is 0 Å². The van der Waals surface area contributed by atoms with E-state index in [0.29, 0.717) is 0 Å². The summed E-state index contributed by atoms with van der Waals surface area (Å²) >= 11 is 0. The van der Waals surface area contributed by atoms with Crippen molar-refractivity contribution in [3.63, 3.8) is 0 Å². The Labute approximate surface area is 144 Å². The SMILES string of the molecule is CCCCCCCC(N)C(CCC(C)(C)C)C(OC)(OC)OC. The number of rotatable bonds is 13. The summed E-state index contributed by atoms with van der Waals surface area (Å²) < 4.78 is 16.8. The minimum Gasteiger partial charge on any atom is -0.331 e. The third kappa shape index (κ3) is 8.48. The molecule has 0 saturated heterocycles. The zero-order chi connectivity index (χ0) is 17.9. The largest absolute Gasteiger partial charge is 0.331 e. The number of nitrogens with two attached hydrogens (primary N) is 1. The number of hydrogen-bond acceptors (Lipinski definition) is 4. The molecule has 0 aromatic carbocycles. The Morgan fingerprint density at radius 3 is 1.78 bits per heavy atom. The maximum Gasteiger partial charge on any atom is 0.286 e. The van der Waals surface area contributed by atoms with Crippen molar-refractivity contribution >= 4 is 0 Å². The molecule has 0 rings (SSSR count). The monoisotopic (exact) mass is 331 g/mol. The molecule has 2 unspecified atom stereocenters. The maximum absolute atomic E-state index is 6.53. The summed E-state index contributed by atoms with van der Waals surface area (Å²) in [5.41, 5.74) is 6.78. The fraction of sp³-hybridized carbons (Fsp3) is 1.00. The molecule has 4 nitrogen and oxygen atoms in total. The van der Waals surface area contributed by atoms with Crippen molar-refractivity contribution in [2.45, 2.75) is 91.1 Å². The predicted molar refractivity (Wildman–Crippen MR) is 97.3 cm³/mol. The van der Waals surface area contributed by atoms with Gasteiger partial charge in [-0.2, -0.15) is 0 Å². The lowest BCUT2D eigenvalue weighted by Gasteiger charge is -2.40. The van der Waals surface area contributed by atoms with Gasteiger partial charge in [0.25, 0.3) is 5.97 Å². The minimum atomic E-state index is -1.05. The summed E-state index contributed by atoms with van der Waals surface area (Å²) in [6, 6.07) is 0.0128. The Balaban J connectivity index is 4.81. The summed E-state index contributed by atoms with van der Waals surface area (Å²) in [4.78, 5) is 0. The number of methoxy groups -OCH3 is 3. The molecule has 23 heavy (non-hydrogen) atoms. The van der Waals surface area contributed by atoms with Crippen LogP contribution in [0.25, 0.3) is 0 Å². The van der Waals surface area contributed by atoms with Crippen LogP contribution in [-0.2, 0) is 14.2 Å². The molecule has 0 spiro atoms. The van der Waals surface area contributed by atoms with Crippen molar-refractivity contribution in [2.75, 3.05) is 21.3 Å². The van der Waals surface area contributed by atoms with E-state index in [2.05, 4.69) is 27.7 Å². The van der Waals surface area contributed by atoms with Gasteiger partial charge in [0.2, 0.25) is 0 Å². The van der Waals surface area contributed by atoms with Crippen LogP contribution in [0.15, 0.2) is 0 Å². The Hall–Kier alpha value is -0.160. The molecule has 0 heterocycles. The molecule has 2 N–H and O–H groups in total. The zero-order valence-electron chi connectivity index (χ0n) is 16.6. The van der Waals surface area contributed by atoms with E-state index in [9.17, 15) is 0 Å². The van der Waals surface area contributed by atoms with Crippen LogP contribution < -0.4 is 5.73 Å². The molecule has 0 bridgehead atoms. The van der Waals surface area contributed by atoms with Crippen LogP contribution in [0.2, 0.25) is 0 Å². The average Bonchev–Trinajstić information content (AvgIpc) is 2.50. The highest BCUT2D eigenvalue weighted by Gasteiger charge is 2.43. The van der Waals surface area contributed by atoms with E-state index in [-0.39, 0.29) is 17.4 Å². The third-order valence-electron chi connectivity index (χ3n) is 4.67. The van der Waals surface area contributed by atoms with Gasteiger partial charge in [0.05, 0.1) is 5.92 Å². The fourth-order valence-corrected chi connectivity index (χ4v) is 3.13. The van der Waals surface area contributed by atoms with E-state index >= 15 is 0 Å². The normalized spacial score (nSPS) is 15.7. The first-order valence-corrected chi connectivity index (χ1v) is 9.17. The summed E-state index contributed by atoms with van der Waals surface area (Å²) in [5.74, 6) is -1.03. The standard InChI is InChI=1S/C19H41NO3/c1-8-9-10-11-12-13-17(20)16(14-15-18(2,3)4)19(21-5,22-6)23-7/h16-17H,8-15,20H2,1-7H3. The van der Waals surface area contributed by atoms with Crippen molar-refractivity contribution in [3.05, 3.63) is 0 Å². The quantitative estimate of drug-likeness (QED) is 0.392. The van der Waals surface area contributed by atoms with E-state index in [1.54, 1.807) is 21.3 Å². The lowest BCUT2D eigenvalue weighted by atomic mass is 9.82. The highest BCUT2D eigenvalue weighted by atomic mass is 16.9. The van der Waals surface area contributed by atoms with Gasteiger partial charge in [0.15, 0.2) is 0 Å². The Bertz CT molecular complexity index is 277. The third-order valence-corrected chi connectivity index (χ3v) is 4.67. The summed E-state index contributed by atoms with van der Waals surface area (Å²) in [5, 5.41) is 0. The number of ether oxygens (including phenoxy) is 3. The van der Waals surface area contributed by atoms with Gasteiger partial charge in [-0.15, -0.1) is 0 Å². The van der Waals surface area contributed by atoms with Gasteiger partial charge in [0, 0.05) is 27.4 Å². The maximum atomic E-state index is 6.53. The Morgan fingerprint density at radius 1 is 0.826 bits per heavy atom. The van der Waals surface area contributed by atoms with Gasteiger partial charge >= 0.3 is 0 Å². The zero-order valence-corrected chi connectivity index (χ0v) is 16.6. The molecule has 0 aromatic heterocycles. The molecule has 0 aliphatic heterocycles. The summed E-state index contributed by atoms with van der Waals surface area (Å²) in [7, 11) is 4.89. The van der Waals surface area contributed by atoms with Crippen LogP contribution in [0.3, 0.4) is 0 Å². The van der Waals surface area contributed by atoms with Crippen LogP contribution in [0.5, 0.6) is 0 Å². The summed E-state index contributed by atoms with van der Waals surface area (Å²) in [6.45, 7) is 8.97. The second-order valence-corrected chi connectivity index (χ2v) is 7.79.